The van der Waals surface area contributed by atoms with E-state index in [1.807, 2.05) is 49.4 Å². The molecule has 0 saturated heterocycles. The van der Waals surface area contributed by atoms with Crippen molar-refractivity contribution in [3.05, 3.63) is 59.4 Å². The first-order valence-corrected chi connectivity index (χ1v) is 12.7. The number of carboxylic acids is 1. The molecule has 1 fully saturated rings. The maximum Gasteiger partial charge on any atom is 0.414 e. The first-order valence-electron chi connectivity index (χ1n) is 12.7. The molecule has 1 amide bonds. The molecule has 0 spiro atoms. The molecule has 2 heterocycles. The second-order valence-corrected chi connectivity index (χ2v) is 9.88. The average Bonchev–Trinajstić information content (AvgIpc) is 3.28. The number of carbonyl (C=O) groups is 2. The molecule has 4 atom stereocenters. The molecule has 0 bridgehead atoms. The van der Waals surface area contributed by atoms with Gasteiger partial charge in [-0.2, -0.15) is 0 Å². The van der Waals surface area contributed by atoms with Crippen LogP contribution in [0, 0.1) is 5.92 Å². The van der Waals surface area contributed by atoms with Gasteiger partial charge in [0.2, 0.25) is 0 Å². The predicted octanol–water partition coefficient (Wildman–Crippen LogP) is 5.50. The van der Waals surface area contributed by atoms with Crippen molar-refractivity contribution < 1.29 is 24.2 Å². The molecular weight excluding hydrogens is 458 g/mol. The number of aryl methyl sites for hydroxylation is 1. The van der Waals surface area contributed by atoms with Crippen molar-refractivity contribution in [3.8, 4) is 0 Å². The van der Waals surface area contributed by atoms with E-state index in [-0.39, 0.29) is 24.1 Å². The van der Waals surface area contributed by atoms with Crippen LogP contribution in [-0.4, -0.2) is 47.0 Å². The number of hydrogen-bond donors (Lipinski definition) is 1. The molecule has 1 aromatic heterocycles. The monoisotopic (exact) mass is 491 g/mol. The number of benzene rings is 2. The van der Waals surface area contributed by atoms with Crippen LogP contribution < -0.4 is 4.90 Å². The summed E-state index contributed by atoms with van der Waals surface area (Å²) >= 11 is 0. The number of rotatable bonds is 5. The van der Waals surface area contributed by atoms with Gasteiger partial charge in [-0.15, -0.1) is 0 Å². The number of nitrogens with zero attached hydrogens (tertiary/aromatic N) is 3. The third-order valence-electron chi connectivity index (χ3n) is 7.79. The summed E-state index contributed by atoms with van der Waals surface area (Å²) in [4.78, 5) is 31.4. The Hall–Kier alpha value is -3.39. The molecule has 3 unspecified atom stereocenters. The zero-order valence-electron chi connectivity index (χ0n) is 21.0. The zero-order chi connectivity index (χ0) is 25.4. The van der Waals surface area contributed by atoms with Crippen molar-refractivity contribution in [2.45, 2.75) is 63.6 Å². The van der Waals surface area contributed by atoms with E-state index >= 15 is 0 Å². The summed E-state index contributed by atoms with van der Waals surface area (Å²) in [5, 5.41) is 9.76. The number of carbonyl (C=O) groups excluding carboxylic acids is 1. The minimum absolute atomic E-state index is 0.00140. The van der Waals surface area contributed by atoms with E-state index in [0.29, 0.717) is 12.8 Å². The van der Waals surface area contributed by atoms with Gasteiger partial charge in [0, 0.05) is 24.8 Å². The third-order valence-corrected chi connectivity index (χ3v) is 7.79. The van der Waals surface area contributed by atoms with Crippen LogP contribution in [0.1, 0.15) is 68.1 Å². The van der Waals surface area contributed by atoms with Gasteiger partial charge in [0.25, 0.3) is 0 Å². The Morgan fingerprint density at radius 1 is 1.08 bits per heavy atom. The molecule has 1 N–H and O–H groups in total. The predicted molar refractivity (Wildman–Crippen MR) is 136 cm³/mol. The van der Waals surface area contributed by atoms with E-state index < -0.39 is 12.1 Å². The molecule has 2 aromatic carbocycles. The van der Waals surface area contributed by atoms with Gasteiger partial charge in [-0.1, -0.05) is 36.8 Å². The molecule has 1 saturated carbocycles. The van der Waals surface area contributed by atoms with E-state index in [9.17, 15) is 14.7 Å². The average molecular weight is 492 g/mol. The Kier molecular flexibility index (Phi) is 6.71. The van der Waals surface area contributed by atoms with Crippen LogP contribution in [-0.2, 0) is 20.7 Å². The molecule has 8 heteroatoms. The molecule has 3 aromatic rings. The van der Waals surface area contributed by atoms with Gasteiger partial charge in [-0.25, -0.2) is 9.78 Å². The fourth-order valence-corrected chi connectivity index (χ4v) is 6.00. The number of aromatic nitrogens is 2. The molecule has 2 aliphatic rings. The normalized spacial score (nSPS) is 22.8. The van der Waals surface area contributed by atoms with E-state index in [0.717, 1.165) is 59.4 Å². The molecular formula is C28H33N3O5. The smallest absolute Gasteiger partial charge is 0.414 e. The molecule has 36 heavy (non-hydrogen) atoms. The minimum atomic E-state index is -0.739. The number of imidazole rings is 1. The van der Waals surface area contributed by atoms with E-state index in [1.54, 1.807) is 12.0 Å². The fraction of sp³-hybridized carbons (Fsp3) is 0.464. The van der Waals surface area contributed by atoms with Crippen LogP contribution >= 0.6 is 0 Å². The Bertz CT molecular complexity index is 1270. The Morgan fingerprint density at radius 2 is 1.86 bits per heavy atom. The summed E-state index contributed by atoms with van der Waals surface area (Å²) in [5.74, 6) is -0.344. The second-order valence-electron chi connectivity index (χ2n) is 9.88. The van der Waals surface area contributed by atoms with Crippen molar-refractivity contribution in [3.63, 3.8) is 0 Å². The van der Waals surface area contributed by atoms with Crippen molar-refractivity contribution in [1.82, 2.24) is 9.55 Å². The lowest BCUT2D eigenvalue weighted by Crippen LogP contribution is -2.42. The molecule has 190 valence electrons. The molecule has 0 radical (unpaired) electrons. The van der Waals surface area contributed by atoms with Crippen LogP contribution in [0.15, 0.2) is 42.5 Å². The van der Waals surface area contributed by atoms with Crippen molar-refractivity contribution in [2.75, 3.05) is 19.1 Å². The summed E-state index contributed by atoms with van der Waals surface area (Å²) in [6.07, 6.45) is 3.81. The fourth-order valence-electron chi connectivity index (χ4n) is 6.00. The number of fused-ring (bicyclic) bond motifs is 3. The Balaban J connectivity index is 1.71. The number of anilines is 1. The van der Waals surface area contributed by atoms with Gasteiger partial charge in [0.05, 0.1) is 29.7 Å². The first kappa shape index (κ1) is 24.3. The molecule has 5 rings (SSSR count). The Morgan fingerprint density at radius 3 is 2.56 bits per heavy atom. The van der Waals surface area contributed by atoms with Crippen LogP contribution in [0.4, 0.5) is 10.5 Å². The zero-order valence-corrected chi connectivity index (χ0v) is 21.0. The summed E-state index contributed by atoms with van der Waals surface area (Å²) in [6.45, 7) is 2.03. The largest absolute Gasteiger partial charge is 0.481 e. The highest BCUT2D eigenvalue weighted by Crippen LogP contribution is 2.42. The van der Waals surface area contributed by atoms with Gasteiger partial charge in [0.15, 0.2) is 0 Å². The lowest BCUT2D eigenvalue weighted by molar-refractivity contribution is -0.143. The maximum atomic E-state index is 12.6. The van der Waals surface area contributed by atoms with Crippen LogP contribution in [0.2, 0.25) is 0 Å². The van der Waals surface area contributed by atoms with E-state index in [1.165, 1.54) is 7.11 Å². The highest BCUT2D eigenvalue weighted by atomic mass is 16.5. The topological polar surface area (TPSA) is 93.9 Å². The van der Waals surface area contributed by atoms with Crippen molar-refractivity contribution in [1.29, 1.82) is 0 Å². The minimum Gasteiger partial charge on any atom is -0.481 e. The van der Waals surface area contributed by atoms with Crippen LogP contribution in [0.25, 0.3) is 11.0 Å². The van der Waals surface area contributed by atoms with Crippen LogP contribution in [0.5, 0.6) is 0 Å². The number of methoxy groups -OCH3 is 2. The number of hydrogen-bond acceptors (Lipinski definition) is 5. The van der Waals surface area contributed by atoms with Gasteiger partial charge < -0.3 is 19.1 Å². The lowest BCUT2D eigenvalue weighted by atomic mass is 9.85. The van der Waals surface area contributed by atoms with Gasteiger partial charge in [-0.05, 0) is 56.7 Å². The number of ether oxygens (including phenoxy) is 2. The van der Waals surface area contributed by atoms with E-state index in [4.69, 9.17) is 14.5 Å². The Labute approximate surface area is 210 Å². The number of carboxylic acid groups (broad SMARTS) is 1. The van der Waals surface area contributed by atoms with Gasteiger partial charge in [-0.3, -0.25) is 9.69 Å². The summed E-state index contributed by atoms with van der Waals surface area (Å²) in [7, 11) is 3.08. The SMILES string of the molecule is COC(=O)N1c2ccc3c(nc(C(OC)c4ccccc4)n3C3CCCC(C(=O)O)C3)c2CC[C@@H]1C. The van der Waals surface area contributed by atoms with Crippen molar-refractivity contribution in [2.24, 2.45) is 5.92 Å². The maximum absolute atomic E-state index is 12.6. The molecule has 1 aliphatic carbocycles. The van der Waals surface area contributed by atoms with Crippen LogP contribution in [0.3, 0.4) is 0 Å². The standard InChI is InChI=1S/C28H33N3O5/c1-17-12-13-21-22(30(17)28(34)36-3)14-15-23-24(21)29-26(25(35-2)18-8-5-4-6-9-18)31(23)20-11-7-10-19(16-20)27(32)33/h4-6,8-9,14-15,17,19-20,25H,7,10-13,16H2,1-3H3,(H,32,33)/t17-,19?,20?,25?/m0/s1. The summed E-state index contributed by atoms with van der Waals surface area (Å²) < 4.78 is 13.3. The molecule has 1 aliphatic heterocycles. The number of aliphatic carboxylic acids is 1. The number of amides is 1. The van der Waals surface area contributed by atoms with Gasteiger partial charge in [0.1, 0.15) is 11.9 Å². The van der Waals surface area contributed by atoms with Gasteiger partial charge >= 0.3 is 12.1 Å². The van der Waals surface area contributed by atoms with E-state index in [2.05, 4.69) is 4.57 Å². The lowest BCUT2D eigenvalue weighted by Gasteiger charge is -2.34. The third kappa shape index (κ3) is 4.13. The quantitative estimate of drug-likeness (QED) is 0.507. The highest BCUT2D eigenvalue weighted by Gasteiger charge is 2.35. The second kappa shape index (κ2) is 9.93. The summed E-state index contributed by atoms with van der Waals surface area (Å²) in [5.41, 5.74) is 4.63. The highest BCUT2D eigenvalue weighted by molar-refractivity contribution is 5.95. The van der Waals surface area contributed by atoms with Crippen molar-refractivity contribution >= 4 is 28.8 Å². The molecule has 8 nitrogen and oxygen atoms in total. The first-order chi connectivity index (χ1) is 17.4. The summed E-state index contributed by atoms with van der Waals surface area (Å²) in [6, 6.07) is 14.0.